The Balaban J connectivity index is 1.84. The second-order valence-electron chi connectivity index (χ2n) is 4.91. The Morgan fingerprint density at radius 1 is 1.10 bits per heavy atom. The van der Waals surface area contributed by atoms with Crippen LogP contribution in [0.3, 0.4) is 0 Å². The first kappa shape index (κ1) is 12.8. The van der Waals surface area contributed by atoms with Gasteiger partial charge in [-0.3, -0.25) is 0 Å². The summed E-state index contributed by atoms with van der Waals surface area (Å²) >= 11 is 0. The van der Waals surface area contributed by atoms with Gasteiger partial charge in [0.15, 0.2) is 0 Å². The van der Waals surface area contributed by atoms with Gasteiger partial charge in [0.25, 0.3) is 0 Å². The summed E-state index contributed by atoms with van der Waals surface area (Å²) in [6.45, 7) is 2.67. The Bertz CT molecular complexity index is 704. The molecule has 1 heterocycles. The predicted octanol–water partition coefficient (Wildman–Crippen LogP) is 3.99. The lowest BCUT2D eigenvalue weighted by Crippen LogP contribution is -2.17. The van der Waals surface area contributed by atoms with Gasteiger partial charge in [-0.15, -0.1) is 0 Å². The molecule has 0 radical (unpaired) electrons. The Labute approximate surface area is 117 Å². The lowest BCUT2D eigenvalue weighted by Gasteiger charge is -2.16. The topological polar surface area (TPSA) is 45.4 Å². The molecule has 0 fully saturated rings. The van der Waals surface area contributed by atoms with Crippen LogP contribution in [0.15, 0.2) is 59.2 Å². The smallest absolute Gasteiger partial charge is 0.128 e. The number of rotatable bonds is 4. The van der Waals surface area contributed by atoms with Crippen LogP contribution in [0.5, 0.6) is 5.75 Å². The van der Waals surface area contributed by atoms with Crippen LogP contribution in [0.25, 0.3) is 10.8 Å². The van der Waals surface area contributed by atoms with Crippen molar-refractivity contribution >= 4 is 10.8 Å². The molecule has 1 unspecified atom stereocenters. The molecule has 0 aliphatic rings. The molecule has 0 amide bonds. The highest BCUT2D eigenvalue weighted by Gasteiger charge is 2.12. The summed E-state index contributed by atoms with van der Waals surface area (Å²) < 4.78 is 5.30. The van der Waals surface area contributed by atoms with Gasteiger partial charge in [0.2, 0.25) is 0 Å². The van der Waals surface area contributed by atoms with E-state index < -0.39 is 0 Å². The third-order valence-electron chi connectivity index (χ3n) is 3.56. The van der Waals surface area contributed by atoms with E-state index in [1.165, 1.54) is 0 Å². The van der Waals surface area contributed by atoms with Crippen LogP contribution in [0, 0.1) is 0 Å². The third kappa shape index (κ3) is 2.40. The fourth-order valence-electron chi connectivity index (χ4n) is 2.40. The molecule has 2 aromatic carbocycles. The molecule has 1 atom stereocenters. The Morgan fingerprint density at radius 2 is 1.95 bits per heavy atom. The van der Waals surface area contributed by atoms with Crippen LogP contribution in [0.2, 0.25) is 0 Å². The minimum Gasteiger partial charge on any atom is -0.507 e. The number of nitrogens with one attached hydrogen (secondary N) is 1. The first-order valence-corrected chi connectivity index (χ1v) is 6.72. The zero-order chi connectivity index (χ0) is 13.9. The van der Waals surface area contributed by atoms with Gasteiger partial charge in [0, 0.05) is 17.0 Å². The molecule has 3 heteroatoms. The molecule has 1 aromatic heterocycles. The fraction of sp³-hybridized carbons (Fsp3) is 0.176. The van der Waals surface area contributed by atoms with E-state index in [0.29, 0.717) is 12.3 Å². The molecule has 2 N–H and O–H groups in total. The average Bonchev–Trinajstić information content (AvgIpc) is 2.99. The zero-order valence-electron chi connectivity index (χ0n) is 11.3. The Morgan fingerprint density at radius 3 is 2.75 bits per heavy atom. The standard InChI is InChI=1S/C17H17NO2/c1-12(18-11-14-6-4-10-20-14)15-9-8-13-5-2-3-7-16(13)17(15)19/h2-10,12,18-19H,11H2,1H3. The van der Waals surface area contributed by atoms with Crippen LogP contribution in [-0.2, 0) is 6.54 Å². The summed E-state index contributed by atoms with van der Waals surface area (Å²) in [5.41, 5.74) is 0.898. The predicted molar refractivity (Wildman–Crippen MR) is 79.6 cm³/mol. The second kappa shape index (κ2) is 5.39. The maximum Gasteiger partial charge on any atom is 0.128 e. The van der Waals surface area contributed by atoms with Gasteiger partial charge in [-0.05, 0) is 24.4 Å². The molecule has 0 saturated heterocycles. The highest BCUT2D eigenvalue weighted by Crippen LogP contribution is 2.32. The molecule has 102 valence electrons. The van der Waals surface area contributed by atoms with Gasteiger partial charge in [0.05, 0.1) is 12.8 Å². The summed E-state index contributed by atoms with van der Waals surface area (Å²) in [6, 6.07) is 15.7. The lowest BCUT2D eigenvalue weighted by atomic mass is 10.0. The van der Waals surface area contributed by atoms with Crippen LogP contribution in [-0.4, -0.2) is 5.11 Å². The van der Waals surface area contributed by atoms with Crippen LogP contribution in [0.1, 0.15) is 24.3 Å². The number of phenols is 1. The molecule has 20 heavy (non-hydrogen) atoms. The van der Waals surface area contributed by atoms with Crippen molar-refractivity contribution in [1.29, 1.82) is 0 Å². The number of phenolic OH excluding ortho intramolecular Hbond substituents is 1. The fourth-order valence-corrected chi connectivity index (χ4v) is 2.40. The van der Waals surface area contributed by atoms with E-state index in [4.69, 9.17) is 4.42 Å². The molecule has 0 aliphatic carbocycles. The highest BCUT2D eigenvalue weighted by atomic mass is 16.3. The van der Waals surface area contributed by atoms with E-state index in [1.54, 1.807) is 6.26 Å². The minimum absolute atomic E-state index is 0.0460. The molecule has 0 bridgehead atoms. The Hall–Kier alpha value is -2.26. The number of benzene rings is 2. The molecule has 0 aliphatic heterocycles. The lowest BCUT2D eigenvalue weighted by molar-refractivity contribution is 0.438. The van der Waals surface area contributed by atoms with Crippen LogP contribution < -0.4 is 5.32 Å². The van der Waals surface area contributed by atoms with Gasteiger partial charge < -0.3 is 14.8 Å². The molecule has 0 saturated carbocycles. The van der Waals surface area contributed by atoms with Crippen molar-refractivity contribution < 1.29 is 9.52 Å². The quantitative estimate of drug-likeness (QED) is 0.751. The normalized spacial score (nSPS) is 12.7. The third-order valence-corrected chi connectivity index (χ3v) is 3.56. The van der Waals surface area contributed by atoms with Gasteiger partial charge in [-0.2, -0.15) is 0 Å². The zero-order valence-corrected chi connectivity index (χ0v) is 11.3. The highest BCUT2D eigenvalue weighted by molar-refractivity contribution is 5.89. The summed E-state index contributed by atoms with van der Waals surface area (Å²) in [4.78, 5) is 0. The number of fused-ring (bicyclic) bond motifs is 1. The van der Waals surface area contributed by atoms with Gasteiger partial charge in [0.1, 0.15) is 11.5 Å². The maximum absolute atomic E-state index is 10.4. The summed E-state index contributed by atoms with van der Waals surface area (Å²) in [5.74, 6) is 1.24. The van der Waals surface area contributed by atoms with Crippen LogP contribution in [0.4, 0.5) is 0 Å². The van der Waals surface area contributed by atoms with Crippen molar-refractivity contribution in [1.82, 2.24) is 5.32 Å². The number of aromatic hydroxyl groups is 1. The Kier molecular flexibility index (Phi) is 3.44. The van der Waals surface area contributed by atoms with Crippen molar-refractivity contribution in [3.63, 3.8) is 0 Å². The van der Waals surface area contributed by atoms with E-state index in [-0.39, 0.29) is 6.04 Å². The summed E-state index contributed by atoms with van der Waals surface area (Å²) in [6.07, 6.45) is 1.66. The summed E-state index contributed by atoms with van der Waals surface area (Å²) in [5, 5.41) is 15.7. The van der Waals surface area contributed by atoms with E-state index in [0.717, 1.165) is 22.1 Å². The average molecular weight is 267 g/mol. The van der Waals surface area contributed by atoms with Gasteiger partial charge in [-0.1, -0.05) is 36.4 Å². The molecular weight excluding hydrogens is 250 g/mol. The largest absolute Gasteiger partial charge is 0.507 e. The molecule has 0 spiro atoms. The second-order valence-corrected chi connectivity index (χ2v) is 4.91. The number of hydrogen-bond acceptors (Lipinski definition) is 3. The molecular formula is C17H17NO2. The monoisotopic (exact) mass is 267 g/mol. The number of furan rings is 1. The van der Waals surface area contributed by atoms with Crippen molar-refractivity contribution in [2.75, 3.05) is 0 Å². The summed E-state index contributed by atoms with van der Waals surface area (Å²) in [7, 11) is 0. The van der Waals surface area contributed by atoms with Crippen molar-refractivity contribution in [2.24, 2.45) is 0 Å². The van der Waals surface area contributed by atoms with Crippen molar-refractivity contribution in [3.05, 3.63) is 66.1 Å². The molecule has 3 aromatic rings. The van der Waals surface area contributed by atoms with E-state index in [9.17, 15) is 5.11 Å². The minimum atomic E-state index is 0.0460. The first-order chi connectivity index (χ1) is 9.75. The SMILES string of the molecule is CC(NCc1ccco1)c1ccc2ccccc2c1O. The van der Waals surface area contributed by atoms with Crippen molar-refractivity contribution in [3.8, 4) is 5.75 Å². The molecule has 3 rings (SSSR count). The van der Waals surface area contributed by atoms with E-state index in [1.807, 2.05) is 55.5 Å². The first-order valence-electron chi connectivity index (χ1n) is 6.72. The van der Waals surface area contributed by atoms with Crippen molar-refractivity contribution in [2.45, 2.75) is 19.5 Å². The molecule has 3 nitrogen and oxygen atoms in total. The van der Waals surface area contributed by atoms with Gasteiger partial charge >= 0.3 is 0 Å². The van der Waals surface area contributed by atoms with Crippen LogP contribution >= 0.6 is 0 Å². The van der Waals surface area contributed by atoms with E-state index in [2.05, 4.69) is 5.32 Å². The van der Waals surface area contributed by atoms with E-state index >= 15 is 0 Å². The number of hydrogen-bond donors (Lipinski definition) is 2. The van der Waals surface area contributed by atoms with Gasteiger partial charge in [-0.25, -0.2) is 0 Å². The maximum atomic E-state index is 10.4.